The van der Waals surface area contributed by atoms with Crippen molar-refractivity contribution in [3.8, 4) is 0 Å². The molecule has 0 aromatic carbocycles. The number of carbonyl (C=O) groups is 1. The van der Waals surface area contributed by atoms with Crippen molar-refractivity contribution in [1.29, 1.82) is 0 Å². The molecule has 1 heterocycles. The van der Waals surface area contributed by atoms with Crippen molar-refractivity contribution in [2.45, 2.75) is 0 Å². The van der Waals surface area contributed by atoms with Crippen LogP contribution in [-0.4, -0.2) is 18.1 Å². The Morgan fingerprint density at radius 2 is 2.60 bits per heavy atom. The van der Waals surface area contributed by atoms with E-state index in [0.29, 0.717) is 4.67 Å². The Morgan fingerprint density at radius 3 is 3.00 bits per heavy atom. The van der Waals surface area contributed by atoms with Crippen LogP contribution in [0.2, 0.25) is 0 Å². The Kier molecular flexibility index (Phi) is 2.06. The van der Waals surface area contributed by atoms with Crippen LogP contribution in [-0.2, 0) is 4.74 Å². The highest BCUT2D eigenvalue weighted by atomic mass is 79.9. The van der Waals surface area contributed by atoms with E-state index in [1.54, 1.807) is 0 Å². The molecular weight excluding hydrogens is 202 g/mol. The third-order valence-electron chi connectivity index (χ3n) is 0.837. The molecule has 0 fully saturated rings. The zero-order valence-electron chi connectivity index (χ0n) is 5.13. The number of carbonyl (C=O) groups excluding carboxylic acids is 1. The second-order valence-corrected chi connectivity index (χ2v) is 2.24. The van der Waals surface area contributed by atoms with Gasteiger partial charge in [0.25, 0.3) is 0 Å². The van der Waals surface area contributed by atoms with Crippen molar-refractivity contribution in [3.05, 3.63) is 16.8 Å². The summed E-state index contributed by atoms with van der Waals surface area (Å²) in [6, 6.07) is 0. The summed E-state index contributed by atoms with van der Waals surface area (Å²) in [5, 5.41) is 0. The molecular formula is C5H4BrNO3. The van der Waals surface area contributed by atoms with Crippen LogP contribution in [0.5, 0.6) is 0 Å². The highest BCUT2D eigenvalue weighted by Crippen LogP contribution is 2.10. The first kappa shape index (κ1) is 7.27. The smallest absolute Gasteiger partial charge is 0.394 e. The highest BCUT2D eigenvalue weighted by molar-refractivity contribution is 9.10. The van der Waals surface area contributed by atoms with Crippen LogP contribution in [0.25, 0.3) is 0 Å². The number of methoxy groups -OCH3 is 1. The van der Waals surface area contributed by atoms with E-state index in [9.17, 15) is 4.79 Å². The lowest BCUT2D eigenvalue weighted by Crippen LogP contribution is -2.00. The van der Waals surface area contributed by atoms with Gasteiger partial charge in [-0.3, -0.25) is 0 Å². The predicted octanol–water partition coefficient (Wildman–Crippen LogP) is 1.22. The van der Waals surface area contributed by atoms with Gasteiger partial charge in [0, 0.05) is 0 Å². The lowest BCUT2D eigenvalue weighted by molar-refractivity contribution is 0.0554. The number of hydrogen-bond donors (Lipinski definition) is 0. The van der Waals surface area contributed by atoms with Crippen LogP contribution < -0.4 is 0 Å². The average molecular weight is 206 g/mol. The van der Waals surface area contributed by atoms with E-state index >= 15 is 0 Å². The van der Waals surface area contributed by atoms with Crippen LogP contribution in [0, 0.1) is 0 Å². The molecule has 0 aliphatic rings. The molecule has 1 aromatic rings. The minimum atomic E-state index is -0.578. The van der Waals surface area contributed by atoms with Gasteiger partial charge >= 0.3 is 11.9 Å². The number of aromatic nitrogens is 1. The predicted molar refractivity (Wildman–Crippen MR) is 35.5 cm³/mol. The van der Waals surface area contributed by atoms with Crippen molar-refractivity contribution in [3.63, 3.8) is 0 Å². The SMILES string of the molecule is COC(=O)c1ncc(Br)o1. The van der Waals surface area contributed by atoms with E-state index in [1.165, 1.54) is 13.3 Å². The largest absolute Gasteiger partial charge is 0.462 e. The lowest BCUT2D eigenvalue weighted by Gasteiger charge is -1.88. The number of halogens is 1. The van der Waals surface area contributed by atoms with Gasteiger partial charge in [-0.2, -0.15) is 0 Å². The number of esters is 1. The number of rotatable bonds is 1. The van der Waals surface area contributed by atoms with Gasteiger partial charge in [-0.15, -0.1) is 0 Å². The quantitative estimate of drug-likeness (QED) is 0.648. The number of hydrogen-bond acceptors (Lipinski definition) is 4. The topological polar surface area (TPSA) is 52.3 Å². The second kappa shape index (κ2) is 2.83. The molecule has 0 aliphatic carbocycles. The molecule has 0 atom stereocenters. The Bertz CT molecular complexity index is 245. The van der Waals surface area contributed by atoms with Crippen molar-refractivity contribution in [2.24, 2.45) is 0 Å². The summed E-state index contributed by atoms with van der Waals surface area (Å²) in [4.78, 5) is 14.2. The first-order valence-electron chi connectivity index (χ1n) is 2.43. The van der Waals surface area contributed by atoms with Crippen molar-refractivity contribution in [2.75, 3.05) is 7.11 Å². The van der Waals surface area contributed by atoms with Gasteiger partial charge in [0.2, 0.25) is 0 Å². The molecule has 10 heavy (non-hydrogen) atoms. The Balaban J connectivity index is 2.85. The summed E-state index contributed by atoms with van der Waals surface area (Å²) in [7, 11) is 1.26. The summed E-state index contributed by atoms with van der Waals surface area (Å²) in [6.45, 7) is 0. The first-order valence-corrected chi connectivity index (χ1v) is 3.23. The minimum absolute atomic E-state index is 0.0469. The fraction of sp³-hybridized carbons (Fsp3) is 0.200. The monoisotopic (exact) mass is 205 g/mol. The van der Waals surface area contributed by atoms with Gasteiger partial charge in [-0.1, -0.05) is 0 Å². The van der Waals surface area contributed by atoms with Gasteiger partial charge < -0.3 is 9.15 Å². The summed E-state index contributed by atoms with van der Waals surface area (Å²) in [5.74, 6) is -0.625. The van der Waals surface area contributed by atoms with Crippen molar-refractivity contribution >= 4 is 21.9 Å². The summed E-state index contributed by atoms with van der Waals surface area (Å²) in [5.41, 5.74) is 0. The maximum atomic E-state index is 10.6. The van der Waals surface area contributed by atoms with Gasteiger partial charge in [0.05, 0.1) is 13.3 Å². The molecule has 1 aromatic heterocycles. The Morgan fingerprint density at radius 1 is 1.90 bits per heavy atom. The summed E-state index contributed by atoms with van der Waals surface area (Å²) >= 11 is 2.99. The molecule has 54 valence electrons. The Hall–Kier alpha value is -0.840. The van der Waals surface area contributed by atoms with Crippen LogP contribution in [0.15, 0.2) is 15.3 Å². The number of oxazole rings is 1. The maximum absolute atomic E-state index is 10.6. The van der Waals surface area contributed by atoms with Crippen LogP contribution in [0.3, 0.4) is 0 Å². The first-order chi connectivity index (χ1) is 4.74. The third kappa shape index (κ3) is 1.36. The second-order valence-electron chi connectivity index (χ2n) is 1.46. The van der Waals surface area contributed by atoms with Gasteiger partial charge in [-0.25, -0.2) is 9.78 Å². The molecule has 0 saturated carbocycles. The van der Waals surface area contributed by atoms with Gasteiger partial charge in [0.1, 0.15) is 0 Å². The van der Waals surface area contributed by atoms with Crippen LogP contribution in [0.1, 0.15) is 10.7 Å². The van der Waals surface area contributed by atoms with E-state index in [-0.39, 0.29) is 5.89 Å². The molecule has 0 spiro atoms. The maximum Gasteiger partial charge on any atom is 0.394 e. The summed E-state index contributed by atoms with van der Waals surface area (Å²) in [6.07, 6.45) is 1.38. The van der Waals surface area contributed by atoms with Crippen LogP contribution >= 0.6 is 15.9 Å². The van der Waals surface area contributed by atoms with E-state index in [0.717, 1.165) is 0 Å². The average Bonchev–Trinajstić information content (AvgIpc) is 2.34. The van der Waals surface area contributed by atoms with E-state index in [1.807, 2.05) is 0 Å². The number of nitrogens with zero attached hydrogens (tertiary/aromatic N) is 1. The van der Waals surface area contributed by atoms with Gasteiger partial charge in [-0.05, 0) is 15.9 Å². The van der Waals surface area contributed by atoms with Gasteiger partial charge in [0.15, 0.2) is 4.67 Å². The molecule has 0 saturated heterocycles. The van der Waals surface area contributed by atoms with E-state index < -0.39 is 5.97 Å². The molecule has 1 rings (SSSR count). The fourth-order valence-electron chi connectivity index (χ4n) is 0.436. The zero-order valence-corrected chi connectivity index (χ0v) is 6.71. The molecule has 0 radical (unpaired) electrons. The highest BCUT2D eigenvalue weighted by Gasteiger charge is 2.11. The molecule has 0 amide bonds. The summed E-state index contributed by atoms with van der Waals surface area (Å²) < 4.78 is 9.51. The third-order valence-corrected chi connectivity index (χ3v) is 1.20. The molecule has 0 N–H and O–H groups in total. The standard InChI is InChI=1S/C5H4BrNO3/c1-9-5(8)4-7-2-3(6)10-4/h2H,1H3. The number of ether oxygens (including phenoxy) is 1. The van der Waals surface area contributed by atoms with E-state index in [2.05, 4.69) is 25.7 Å². The molecule has 0 bridgehead atoms. The molecule has 0 aliphatic heterocycles. The zero-order chi connectivity index (χ0) is 7.56. The molecule has 4 nitrogen and oxygen atoms in total. The Labute approximate surface area is 65.3 Å². The van der Waals surface area contributed by atoms with Crippen LogP contribution in [0.4, 0.5) is 0 Å². The minimum Gasteiger partial charge on any atom is -0.462 e. The van der Waals surface area contributed by atoms with Crippen molar-refractivity contribution < 1.29 is 13.9 Å². The molecule has 0 unspecified atom stereocenters. The lowest BCUT2D eigenvalue weighted by atomic mass is 10.7. The molecule has 5 heteroatoms. The fourth-order valence-corrected chi connectivity index (χ4v) is 0.692. The van der Waals surface area contributed by atoms with E-state index in [4.69, 9.17) is 4.42 Å². The van der Waals surface area contributed by atoms with Crippen molar-refractivity contribution in [1.82, 2.24) is 4.98 Å². The normalized spacial score (nSPS) is 9.40.